The molecule has 8 heteroatoms. The first kappa shape index (κ1) is 18.1. The van der Waals surface area contributed by atoms with Crippen molar-refractivity contribution >= 4 is 22.8 Å². The lowest BCUT2D eigenvalue weighted by atomic mass is 10.1. The SMILES string of the molecule is CN(C)c1ccc(OC2CCCN(C(=O)c3cnc4ccccc4n3)C2)nn1. The van der Waals surface area contributed by atoms with Gasteiger partial charge in [-0.2, -0.15) is 0 Å². The summed E-state index contributed by atoms with van der Waals surface area (Å²) < 4.78 is 5.95. The summed E-state index contributed by atoms with van der Waals surface area (Å²) in [5.41, 5.74) is 1.85. The van der Waals surface area contributed by atoms with Gasteiger partial charge in [0, 0.05) is 26.7 Å². The van der Waals surface area contributed by atoms with Gasteiger partial charge in [-0.1, -0.05) is 12.1 Å². The van der Waals surface area contributed by atoms with Crippen LogP contribution < -0.4 is 9.64 Å². The molecule has 0 N–H and O–H groups in total. The van der Waals surface area contributed by atoms with Gasteiger partial charge >= 0.3 is 0 Å². The number of ether oxygens (including phenoxy) is 1. The minimum absolute atomic E-state index is 0.120. The maximum absolute atomic E-state index is 12.9. The Kier molecular flexibility index (Phi) is 5.01. The summed E-state index contributed by atoms with van der Waals surface area (Å²) in [6, 6.07) is 11.2. The molecule has 0 aliphatic carbocycles. The second kappa shape index (κ2) is 7.75. The number of piperidine rings is 1. The van der Waals surface area contributed by atoms with E-state index in [1.807, 2.05) is 49.3 Å². The number of fused-ring (bicyclic) bond motifs is 1. The zero-order chi connectivity index (χ0) is 19.5. The molecule has 1 amide bonds. The molecule has 28 heavy (non-hydrogen) atoms. The van der Waals surface area contributed by atoms with Crippen LogP contribution in [0.4, 0.5) is 5.82 Å². The highest BCUT2D eigenvalue weighted by Gasteiger charge is 2.27. The Labute approximate surface area is 163 Å². The zero-order valence-electron chi connectivity index (χ0n) is 15.9. The molecule has 1 atom stereocenters. The van der Waals surface area contributed by atoms with Crippen LogP contribution in [0.2, 0.25) is 0 Å². The zero-order valence-corrected chi connectivity index (χ0v) is 15.9. The Bertz CT molecular complexity index is 976. The molecule has 4 rings (SSSR count). The van der Waals surface area contributed by atoms with Gasteiger partial charge in [-0.05, 0) is 31.0 Å². The van der Waals surface area contributed by atoms with Gasteiger partial charge in [-0.25, -0.2) is 4.98 Å². The van der Waals surface area contributed by atoms with E-state index in [0.717, 1.165) is 29.7 Å². The lowest BCUT2D eigenvalue weighted by Gasteiger charge is -2.32. The number of benzene rings is 1. The highest BCUT2D eigenvalue weighted by atomic mass is 16.5. The van der Waals surface area contributed by atoms with E-state index in [1.54, 1.807) is 17.2 Å². The third-order valence-corrected chi connectivity index (χ3v) is 4.70. The molecule has 3 heterocycles. The van der Waals surface area contributed by atoms with E-state index in [4.69, 9.17) is 4.74 Å². The van der Waals surface area contributed by atoms with Crippen LogP contribution in [0.15, 0.2) is 42.6 Å². The van der Waals surface area contributed by atoms with E-state index in [9.17, 15) is 4.79 Å². The van der Waals surface area contributed by atoms with Crippen LogP contribution in [0.1, 0.15) is 23.3 Å². The third-order valence-electron chi connectivity index (χ3n) is 4.70. The predicted octanol–water partition coefficient (Wildman–Crippen LogP) is 2.17. The number of likely N-dealkylation sites (tertiary alicyclic amines) is 1. The first-order chi connectivity index (χ1) is 13.6. The van der Waals surface area contributed by atoms with Crippen LogP contribution in [0.5, 0.6) is 5.88 Å². The third kappa shape index (κ3) is 3.85. The predicted molar refractivity (Wildman–Crippen MR) is 105 cm³/mol. The number of carbonyl (C=O) groups excluding carboxylic acids is 1. The smallest absolute Gasteiger partial charge is 0.274 e. The maximum atomic E-state index is 12.9. The number of carbonyl (C=O) groups is 1. The molecule has 1 saturated heterocycles. The van der Waals surface area contributed by atoms with Gasteiger partial charge in [0.05, 0.1) is 23.8 Å². The van der Waals surface area contributed by atoms with E-state index < -0.39 is 0 Å². The van der Waals surface area contributed by atoms with Crippen LogP contribution >= 0.6 is 0 Å². The van der Waals surface area contributed by atoms with Gasteiger partial charge in [-0.15, -0.1) is 10.2 Å². The van der Waals surface area contributed by atoms with Crippen LogP contribution in [-0.4, -0.2) is 64.3 Å². The second-order valence-electron chi connectivity index (χ2n) is 7.00. The Hall–Kier alpha value is -3.29. The maximum Gasteiger partial charge on any atom is 0.274 e. The van der Waals surface area contributed by atoms with Crippen molar-refractivity contribution in [1.82, 2.24) is 25.1 Å². The summed E-state index contributed by atoms with van der Waals surface area (Å²) in [4.78, 5) is 25.4. The molecule has 3 aromatic rings. The summed E-state index contributed by atoms with van der Waals surface area (Å²) in [5.74, 6) is 1.11. The fourth-order valence-corrected chi connectivity index (χ4v) is 3.23. The molecule has 1 unspecified atom stereocenters. The number of aromatic nitrogens is 4. The van der Waals surface area contributed by atoms with Crippen LogP contribution in [0.25, 0.3) is 11.0 Å². The molecular weight excluding hydrogens is 356 g/mol. The van der Waals surface area contributed by atoms with Crippen molar-refractivity contribution in [1.29, 1.82) is 0 Å². The highest BCUT2D eigenvalue weighted by Crippen LogP contribution is 2.19. The minimum Gasteiger partial charge on any atom is -0.471 e. The summed E-state index contributed by atoms with van der Waals surface area (Å²) in [6.07, 6.45) is 3.15. The van der Waals surface area contributed by atoms with E-state index >= 15 is 0 Å². The molecule has 1 aromatic carbocycles. The Balaban J connectivity index is 1.44. The first-order valence-corrected chi connectivity index (χ1v) is 9.29. The molecule has 8 nitrogen and oxygen atoms in total. The molecule has 2 aromatic heterocycles. The van der Waals surface area contributed by atoms with Gasteiger partial charge in [0.25, 0.3) is 5.91 Å². The van der Waals surface area contributed by atoms with Crippen molar-refractivity contribution in [3.05, 3.63) is 48.3 Å². The van der Waals surface area contributed by atoms with Crippen molar-refractivity contribution in [2.75, 3.05) is 32.1 Å². The van der Waals surface area contributed by atoms with E-state index in [-0.39, 0.29) is 12.0 Å². The number of amides is 1. The molecule has 0 spiro atoms. The van der Waals surface area contributed by atoms with E-state index in [0.29, 0.717) is 24.7 Å². The van der Waals surface area contributed by atoms with Crippen LogP contribution in [-0.2, 0) is 0 Å². The Morgan fingerprint density at radius 1 is 1.14 bits per heavy atom. The fourth-order valence-electron chi connectivity index (χ4n) is 3.23. The average molecular weight is 378 g/mol. The van der Waals surface area contributed by atoms with Crippen molar-refractivity contribution in [3.8, 4) is 5.88 Å². The van der Waals surface area contributed by atoms with Gasteiger partial charge < -0.3 is 14.5 Å². The molecule has 144 valence electrons. The molecule has 1 aliphatic heterocycles. The Morgan fingerprint density at radius 3 is 2.71 bits per heavy atom. The lowest BCUT2D eigenvalue weighted by molar-refractivity contribution is 0.0520. The van der Waals surface area contributed by atoms with Gasteiger partial charge in [0.15, 0.2) is 5.82 Å². The topological polar surface area (TPSA) is 84.3 Å². The normalized spacial score (nSPS) is 16.8. The summed E-state index contributed by atoms with van der Waals surface area (Å²) in [6.45, 7) is 1.17. The number of hydrogen-bond donors (Lipinski definition) is 0. The highest BCUT2D eigenvalue weighted by molar-refractivity contribution is 5.93. The molecule has 0 bridgehead atoms. The summed E-state index contributed by atoms with van der Waals surface area (Å²) >= 11 is 0. The monoisotopic (exact) mass is 378 g/mol. The van der Waals surface area contributed by atoms with Gasteiger partial charge in [-0.3, -0.25) is 9.78 Å². The van der Waals surface area contributed by atoms with E-state index in [2.05, 4.69) is 20.2 Å². The molecule has 0 radical (unpaired) electrons. The van der Waals surface area contributed by atoms with Crippen LogP contribution in [0.3, 0.4) is 0 Å². The first-order valence-electron chi connectivity index (χ1n) is 9.29. The quantitative estimate of drug-likeness (QED) is 0.688. The van der Waals surface area contributed by atoms with Gasteiger partial charge in [0.1, 0.15) is 11.8 Å². The standard InChI is InChI=1S/C20H22N6O2/c1-25(2)18-9-10-19(24-23-18)28-14-6-5-11-26(13-14)20(27)17-12-21-15-7-3-4-8-16(15)22-17/h3-4,7-10,12,14H,5-6,11,13H2,1-2H3. The van der Waals surface area contributed by atoms with Crippen LogP contribution in [0, 0.1) is 0 Å². The van der Waals surface area contributed by atoms with Crippen molar-refractivity contribution in [2.45, 2.75) is 18.9 Å². The fraction of sp³-hybridized carbons (Fsp3) is 0.350. The number of hydrogen-bond acceptors (Lipinski definition) is 7. The van der Waals surface area contributed by atoms with E-state index in [1.165, 1.54) is 0 Å². The molecule has 1 fully saturated rings. The minimum atomic E-state index is -0.124. The Morgan fingerprint density at radius 2 is 1.96 bits per heavy atom. The van der Waals surface area contributed by atoms with Gasteiger partial charge in [0.2, 0.25) is 5.88 Å². The number of para-hydroxylation sites is 2. The van der Waals surface area contributed by atoms with Crippen molar-refractivity contribution in [2.24, 2.45) is 0 Å². The molecule has 0 saturated carbocycles. The average Bonchev–Trinajstić information content (AvgIpc) is 2.73. The molecule has 1 aliphatic rings. The van der Waals surface area contributed by atoms with Crippen molar-refractivity contribution in [3.63, 3.8) is 0 Å². The summed E-state index contributed by atoms with van der Waals surface area (Å²) in [7, 11) is 3.82. The lowest BCUT2D eigenvalue weighted by Crippen LogP contribution is -2.44. The summed E-state index contributed by atoms with van der Waals surface area (Å²) in [5, 5.41) is 8.24. The number of nitrogens with zero attached hydrogens (tertiary/aromatic N) is 6. The number of rotatable bonds is 4. The molecular formula is C20H22N6O2. The largest absolute Gasteiger partial charge is 0.471 e. The number of anilines is 1. The van der Waals surface area contributed by atoms with Crippen molar-refractivity contribution < 1.29 is 9.53 Å². The second-order valence-corrected chi connectivity index (χ2v) is 7.00.